The highest BCUT2D eigenvalue weighted by molar-refractivity contribution is 5.36. The molecule has 1 saturated carbocycles. The maximum Gasteiger partial charge on any atom is 0.0208 e. The van der Waals surface area contributed by atoms with Crippen molar-refractivity contribution in [1.29, 1.82) is 0 Å². The van der Waals surface area contributed by atoms with Crippen molar-refractivity contribution in [3.05, 3.63) is 34.4 Å². The Labute approximate surface area is 118 Å². The van der Waals surface area contributed by atoms with Crippen molar-refractivity contribution < 1.29 is 0 Å². The fourth-order valence-corrected chi connectivity index (χ4v) is 3.15. The average molecular weight is 259 g/mol. The first-order valence-corrected chi connectivity index (χ1v) is 7.83. The number of benzene rings is 1. The summed E-state index contributed by atoms with van der Waals surface area (Å²) in [5.74, 6) is 1.86. The molecule has 0 aliphatic heterocycles. The van der Waals surface area contributed by atoms with E-state index in [1.54, 1.807) is 0 Å². The second kappa shape index (κ2) is 6.56. The lowest BCUT2D eigenvalue weighted by atomic mass is 9.83. The van der Waals surface area contributed by atoms with Gasteiger partial charge in [0.2, 0.25) is 0 Å². The van der Waals surface area contributed by atoms with Crippen LogP contribution in [0.15, 0.2) is 12.1 Å². The van der Waals surface area contributed by atoms with Crippen molar-refractivity contribution in [2.45, 2.75) is 59.9 Å². The molecule has 2 rings (SSSR count). The van der Waals surface area contributed by atoms with E-state index in [2.05, 4.69) is 45.1 Å². The van der Waals surface area contributed by atoms with Crippen LogP contribution < -0.4 is 5.32 Å². The molecule has 1 fully saturated rings. The minimum absolute atomic E-state index is 0.906. The third-order valence-electron chi connectivity index (χ3n) is 4.84. The van der Waals surface area contributed by atoms with Crippen LogP contribution in [-0.4, -0.2) is 6.54 Å². The van der Waals surface area contributed by atoms with Crippen LogP contribution in [0, 0.1) is 32.6 Å². The van der Waals surface area contributed by atoms with Crippen LogP contribution >= 0.6 is 0 Å². The first-order valence-electron chi connectivity index (χ1n) is 7.83. The zero-order valence-electron chi connectivity index (χ0n) is 13.1. The maximum absolute atomic E-state index is 3.67. The lowest BCUT2D eigenvalue weighted by Gasteiger charge is -2.26. The third kappa shape index (κ3) is 4.07. The molecule has 19 heavy (non-hydrogen) atoms. The average Bonchev–Trinajstić information content (AvgIpc) is 2.38. The van der Waals surface area contributed by atoms with Gasteiger partial charge in [-0.05, 0) is 74.2 Å². The Hall–Kier alpha value is -0.820. The first kappa shape index (κ1) is 14.6. The molecule has 1 aliphatic rings. The van der Waals surface area contributed by atoms with E-state index in [1.165, 1.54) is 54.5 Å². The Balaban J connectivity index is 1.81. The van der Waals surface area contributed by atoms with Gasteiger partial charge < -0.3 is 5.32 Å². The molecule has 1 aromatic rings. The molecule has 0 amide bonds. The summed E-state index contributed by atoms with van der Waals surface area (Å²) >= 11 is 0. The predicted molar refractivity (Wildman–Crippen MR) is 83.5 cm³/mol. The Morgan fingerprint density at radius 3 is 2.26 bits per heavy atom. The number of nitrogens with one attached hydrogen (secondary N) is 1. The summed E-state index contributed by atoms with van der Waals surface area (Å²) in [7, 11) is 0. The van der Waals surface area contributed by atoms with Gasteiger partial charge in [0.1, 0.15) is 0 Å². The third-order valence-corrected chi connectivity index (χ3v) is 4.84. The molecule has 106 valence electrons. The maximum atomic E-state index is 3.67. The molecular weight excluding hydrogens is 230 g/mol. The number of aryl methyl sites for hydroxylation is 3. The van der Waals surface area contributed by atoms with E-state index in [1.807, 2.05) is 0 Å². The monoisotopic (exact) mass is 259 g/mol. The molecule has 1 heteroatoms. The lowest BCUT2D eigenvalue weighted by Crippen LogP contribution is -2.26. The smallest absolute Gasteiger partial charge is 0.0208 e. The number of hydrogen-bond donors (Lipinski definition) is 1. The molecule has 0 bridgehead atoms. The topological polar surface area (TPSA) is 12.0 Å². The molecule has 1 N–H and O–H groups in total. The molecule has 0 unspecified atom stereocenters. The van der Waals surface area contributed by atoms with Gasteiger partial charge >= 0.3 is 0 Å². The van der Waals surface area contributed by atoms with Crippen molar-refractivity contribution in [1.82, 2.24) is 5.32 Å². The van der Waals surface area contributed by atoms with Gasteiger partial charge in [0.25, 0.3) is 0 Å². The Morgan fingerprint density at radius 2 is 1.58 bits per heavy atom. The zero-order valence-corrected chi connectivity index (χ0v) is 13.1. The molecule has 0 saturated heterocycles. The minimum Gasteiger partial charge on any atom is -0.312 e. The Bertz CT molecular complexity index is 414. The Kier molecular flexibility index (Phi) is 5.04. The summed E-state index contributed by atoms with van der Waals surface area (Å²) in [6.45, 7) is 11.2. The fourth-order valence-electron chi connectivity index (χ4n) is 3.15. The van der Waals surface area contributed by atoms with Gasteiger partial charge in [-0.1, -0.05) is 31.9 Å². The van der Waals surface area contributed by atoms with Gasteiger partial charge in [-0.15, -0.1) is 0 Å². The van der Waals surface area contributed by atoms with E-state index in [9.17, 15) is 0 Å². The largest absolute Gasteiger partial charge is 0.312 e. The molecule has 1 aromatic carbocycles. The summed E-state index contributed by atoms with van der Waals surface area (Å²) in [5, 5.41) is 3.67. The van der Waals surface area contributed by atoms with Crippen molar-refractivity contribution >= 4 is 0 Å². The van der Waals surface area contributed by atoms with E-state index in [-0.39, 0.29) is 0 Å². The highest BCUT2D eigenvalue weighted by Crippen LogP contribution is 2.27. The van der Waals surface area contributed by atoms with Crippen molar-refractivity contribution in [2.75, 3.05) is 6.54 Å². The number of rotatable bonds is 4. The van der Waals surface area contributed by atoms with Crippen LogP contribution in [0.2, 0.25) is 0 Å². The molecule has 1 nitrogen and oxygen atoms in total. The highest BCUT2D eigenvalue weighted by Gasteiger charge is 2.17. The zero-order chi connectivity index (χ0) is 13.8. The van der Waals surface area contributed by atoms with Gasteiger partial charge in [-0.3, -0.25) is 0 Å². The van der Waals surface area contributed by atoms with Gasteiger partial charge in [0.15, 0.2) is 0 Å². The van der Waals surface area contributed by atoms with E-state index in [0.717, 1.165) is 18.4 Å². The van der Waals surface area contributed by atoms with E-state index in [4.69, 9.17) is 0 Å². The van der Waals surface area contributed by atoms with Gasteiger partial charge in [0.05, 0.1) is 0 Å². The number of hydrogen-bond acceptors (Lipinski definition) is 1. The molecule has 0 atom stereocenters. The summed E-state index contributed by atoms with van der Waals surface area (Å²) < 4.78 is 0. The predicted octanol–water partition coefficient (Wildman–Crippen LogP) is 4.53. The van der Waals surface area contributed by atoms with Gasteiger partial charge in [-0.25, -0.2) is 0 Å². The van der Waals surface area contributed by atoms with Crippen molar-refractivity contribution in [3.8, 4) is 0 Å². The van der Waals surface area contributed by atoms with Crippen molar-refractivity contribution in [3.63, 3.8) is 0 Å². The minimum atomic E-state index is 0.906. The fraction of sp³-hybridized carbons (Fsp3) is 0.667. The Morgan fingerprint density at radius 1 is 0.947 bits per heavy atom. The van der Waals surface area contributed by atoms with Gasteiger partial charge in [-0.2, -0.15) is 0 Å². The highest BCUT2D eigenvalue weighted by atomic mass is 14.9. The van der Waals surface area contributed by atoms with E-state index in [0.29, 0.717) is 0 Å². The van der Waals surface area contributed by atoms with Crippen LogP contribution in [-0.2, 0) is 6.54 Å². The van der Waals surface area contributed by atoms with E-state index >= 15 is 0 Å². The van der Waals surface area contributed by atoms with Gasteiger partial charge in [0, 0.05) is 6.54 Å². The van der Waals surface area contributed by atoms with Crippen LogP contribution in [0.5, 0.6) is 0 Å². The standard InChI is InChI=1S/C18H29N/c1-13-5-7-17(8-6-13)11-19-12-18-10-15(3)14(2)9-16(18)4/h9-10,13,17,19H,5-8,11-12H2,1-4H3. The normalized spacial score (nSPS) is 23.6. The second-order valence-electron chi connectivity index (χ2n) is 6.62. The molecule has 0 aromatic heterocycles. The molecule has 0 radical (unpaired) electrons. The molecule has 0 heterocycles. The summed E-state index contributed by atoms with van der Waals surface area (Å²) in [6, 6.07) is 4.66. The van der Waals surface area contributed by atoms with Crippen LogP contribution in [0.4, 0.5) is 0 Å². The summed E-state index contributed by atoms with van der Waals surface area (Å²) in [6.07, 6.45) is 5.68. The lowest BCUT2D eigenvalue weighted by molar-refractivity contribution is 0.281. The van der Waals surface area contributed by atoms with Crippen LogP contribution in [0.1, 0.15) is 54.9 Å². The van der Waals surface area contributed by atoms with Crippen LogP contribution in [0.25, 0.3) is 0 Å². The quantitative estimate of drug-likeness (QED) is 0.838. The summed E-state index contributed by atoms with van der Waals surface area (Å²) in [4.78, 5) is 0. The second-order valence-corrected chi connectivity index (χ2v) is 6.62. The molecule has 0 spiro atoms. The van der Waals surface area contributed by atoms with Crippen molar-refractivity contribution in [2.24, 2.45) is 11.8 Å². The first-order chi connectivity index (χ1) is 9.06. The van der Waals surface area contributed by atoms with E-state index < -0.39 is 0 Å². The SMILES string of the molecule is Cc1cc(C)c(CNCC2CCC(C)CC2)cc1C. The summed E-state index contributed by atoms with van der Waals surface area (Å²) in [5.41, 5.74) is 5.71. The molecular formula is C18H29N. The molecule has 1 aliphatic carbocycles. The van der Waals surface area contributed by atoms with Crippen LogP contribution in [0.3, 0.4) is 0 Å².